The number of nitrogens with two attached hydrogens (primary N) is 1. The Labute approximate surface area is 132 Å². The van der Waals surface area contributed by atoms with Gasteiger partial charge in [-0.3, -0.25) is 9.48 Å². The largest absolute Gasteiger partial charge is 0.367 e. The van der Waals surface area contributed by atoms with E-state index in [1.165, 1.54) is 0 Å². The van der Waals surface area contributed by atoms with Gasteiger partial charge < -0.3 is 16.0 Å². The number of aryl methyl sites for hydroxylation is 1. The number of hydrogen-bond donors (Lipinski definition) is 2. The SMILES string of the molecule is Cn1cc(N2CCCC(NC(=O)C3CCCC(N)C3)C2)cn1. The average molecular weight is 305 g/mol. The highest BCUT2D eigenvalue weighted by atomic mass is 16.1. The van der Waals surface area contributed by atoms with Crippen LogP contribution in [-0.2, 0) is 11.8 Å². The molecule has 1 aliphatic carbocycles. The summed E-state index contributed by atoms with van der Waals surface area (Å²) in [5, 5.41) is 7.49. The van der Waals surface area contributed by atoms with Crippen molar-refractivity contribution in [3.8, 4) is 0 Å². The Balaban J connectivity index is 1.54. The Morgan fingerprint density at radius 3 is 2.95 bits per heavy atom. The highest BCUT2D eigenvalue weighted by Gasteiger charge is 2.28. The molecule has 0 spiro atoms. The first-order valence-electron chi connectivity index (χ1n) is 8.41. The lowest BCUT2D eigenvalue weighted by Crippen LogP contribution is -2.50. The highest BCUT2D eigenvalue weighted by molar-refractivity contribution is 5.79. The number of anilines is 1. The lowest BCUT2D eigenvalue weighted by molar-refractivity contribution is -0.126. The zero-order valence-electron chi connectivity index (χ0n) is 13.4. The number of amides is 1. The normalized spacial score (nSPS) is 29.4. The molecular weight excluding hydrogens is 278 g/mol. The van der Waals surface area contributed by atoms with Crippen molar-refractivity contribution >= 4 is 11.6 Å². The molecule has 1 aromatic heterocycles. The molecule has 3 rings (SSSR count). The maximum Gasteiger partial charge on any atom is 0.223 e. The molecule has 6 nitrogen and oxygen atoms in total. The molecule has 122 valence electrons. The summed E-state index contributed by atoms with van der Waals surface area (Å²) in [4.78, 5) is 14.8. The van der Waals surface area contributed by atoms with E-state index in [1.807, 2.05) is 24.1 Å². The van der Waals surface area contributed by atoms with Crippen LogP contribution in [-0.4, -0.2) is 40.9 Å². The molecule has 1 aromatic rings. The van der Waals surface area contributed by atoms with E-state index in [9.17, 15) is 4.79 Å². The summed E-state index contributed by atoms with van der Waals surface area (Å²) in [7, 11) is 1.93. The lowest BCUT2D eigenvalue weighted by atomic mass is 9.85. The van der Waals surface area contributed by atoms with Crippen LogP contribution in [0.25, 0.3) is 0 Å². The Morgan fingerprint density at radius 1 is 1.36 bits per heavy atom. The minimum absolute atomic E-state index is 0.109. The molecule has 1 amide bonds. The van der Waals surface area contributed by atoms with Crippen molar-refractivity contribution in [3.05, 3.63) is 12.4 Å². The van der Waals surface area contributed by atoms with Gasteiger partial charge in [0, 0.05) is 44.3 Å². The molecule has 22 heavy (non-hydrogen) atoms. The fraction of sp³-hybridized carbons (Fsp3) is 0.750. The Hall–Kier alpha value is -1.56. The molecule has 3 atom stereocenters. The fourth-order valence-electron chi connectivity index (χ4n) is 3.69. The van der Waals surface area contributed by atoms with Gasteiger partial charge in [-0.1, -0.05) is 6.42 Å². The van der Waals surface area contributed by atoms with Crippen molar-refractivity contribution in [1.82, 2.24) is 15.1 Å². The second-order valence-corrected chi connectivity index (χ2v) is 6.79. The maximum atomic E-state index is 12.5. The van der Waals surface area contributed by atoms with Gasteiger partial charge in [0.1, 0.15) is 0 Å². The molecule has 0 bridgehead atoms. The molecule has 1 aliphatic heterocycles. The summed E-state index contributed by atoms with van der Waals surface area (Å²) >= 11 is 0. The van der Waals surface area contributed by atoms with Crippen LogP contribution in [0, 0.1) is 5.92 Å². The summed E-state index contributed by atoms with van der Waals surface area (Å²) < 4.78 is 1.82. The van der Waals surface area contributed by atoms with Gasteiger partial charge in [-0.25, -0.2) is 0 Å². The van der Waals surface area contributed by atoms with E-state index < -0.39 is 0 Å². The molecule has 3 unspecified atom stereocenters. The minimum atomic E-state index is 0.109. The first-order chi connectivity index (χ1) is 10.6. The van der Waals surface area contributed by atoms with Crippen molar-refractivity contribution in [2.24, 2.45) is 18.7 Å². The van der Waals surface area contributed by atoms with E-state index in [0.29, 0.717) is 0 Å². The van der Waals surface area contributed by atoms with Gasteiger partial charge in [-0.2, -0.15) is 5.10 Å². The predicted octanol–water partition coefficient (Wildman–Crippen LogP) is 1.02. The van der Waals surface area contributed by atoms with Gasteiger partial charge in [0.2, 0.25) is 5.91 Å². The number of piperidine rings is 1. The maximum absolute atomic E-state index is 12.5. The van der Waals surface area contributed by atoms with Gasteiger partial charge in [-0.15, -0.1) is 0 Å². The average Bonchev–Trinajstić information content (AvgIpc) is 2.94. The number of aromatic nitrogens is 2. The standard InChI is InChI=1S/C16H27N5O/c1-20-11-15(9-18-20)21-7-3-6-14(10-21)19-16(22)12-4-2-5-13(17)8-12/h9,11-14H,2-8,10,17H2,1H3,(H,19,22). The van der Waals surface area contributed by atoms with E-state index in [2.05, 4.69) is 15.3 Å². The Morgan fingerprint density at radius 2 is 2.23 bits per heavy atom. The van der Waals surface area contributed by atoms with Crippen LogP contribution < -0.4 is 16.0 Å². The van der Waals surface area contributed by atoms with Gasteiger partial charge in [0.15, 0.2) is 0 Å². The number of nitrogens with zero attached hydrogens (tertiary/aromatic N) is 3. The number of carbonyl (C=O) groups excluding carboxylic acids is 1. The van der Waals surface area contributed by atoms with Crippen LogP contribution in [0.5, 0.6) is 0 Å². The molecule has 1 saturated heterocycles. The minimum Gasteiger partial charge on any atom is -0.367 e. The van der Waals surface area contributed by atoms with Crippen LogP contribution in [0.3, 0.4) is 0 Å². The summed E-state index contributed by atoms with van der Waals surface area (Å²) in [6, 6.07) is 0.433. The van der Waals surface area contributed by atoms with Crippen molar-refractivity contribution in [3.63, 3.8) is 0 Å². The van der Waals surface area contributed by atoms with E-state index >= 15 is 0 Å². The van der Waals surface area contributed by atoms with Gasteiger partial charge in [0.05, 0.1) is 11.9 Å². The summed E-state index contributed by atoms with van der Waals surface area (Å²) in [6.45, 7) is 1.91. The van der Waals surface area contributed by atoms with Crippen LogP contribution in [0.1, 0.15) is 38.5 Å². The summed E-state index contributed by atoms with van der Waals surface area (Å²) in [5.41, 5.74) is 7.14. The number of carbonyl (C=O) groups is 1. The first kappa shape index (κ1) is 15.3. The van der Waals surface area contributed by atoms with Crippen LogP contribution in [0.4, 0.5) is 5.69 Å². The van der Waals surface area contributed by atoms with Gasteiger partial charge >= 0.3 is 0 Å². The van der Waals surface area contributed by atoms with Crippen LogP contribution >= 0.6 is 0 Å². The second kappa shape index (κ2) is 6.69. The third-order valence-electron chi connectivity index (χ3n) is 4.91. The molecular formula is C16H27N5O. The Kier molecular flexibility index (Phi) is 4.66. The monoisotopic (exact) mass is 305 g/mol. The quantitative estimate of drug-likeness (QED) is 0.874. The number of hydrogen-bond acceptors (Lipinski definition) is 4. The van der Waals surface area contributed by atoms with E-state index in [-0.39, 0.29) is 23.9 Å². The summed E-state index contributed by atoms with van der Waals surface area (Å²) in [6.07, 6.45) is 10.0. The molecule has 0 radical (unpaired) electrons. The van der Waals surface area contributed by atoms with Crippen LogP contribution in [0.2, 0.25) is 0 Å². The smallest absolute Gasteiger partial charge is 0.223 e. The van der Waals surface area contributed by atoms with Crippen molar-refractivity contribution in [2.75, 3.05) is 18.0 Å². The molecule has 2 fully saturated rings. The zero-order chi connectivity index (χ0) is 15.5. The molecule has 3 N–H and O–H groups in total. The predicted molar refractivity (Wildman–Crippen MR) is 86.5 cm³/mol. The van der Waals surface area contributed by atoms with Crippen LogP contribution in [0.15, 0.2) is 12.4 Å². The number of nitrogens with one attached hydrogen (secondary N) is 1. The van der Waals surface area contributed by atoms with E-state index in [1.54, 1.807) is 0 Å². The van der Waals surface area contributed by atoms with Crippen molar-refractivity contribution in [2.45, 2.75) is 50.6 Å². The highest BCUT2D eigenvalue weighted by Crippen LogP contribution is 2.24. The van der Waals surface area contributed by atoms with E-state index in [0.717, 1.165) is 57.3 Å². The zero-order valence-corrected chi connectivity index (χ0v) is 13.4. The molecule has 2 aliphatic rings. The third kappa shape index (κ3) is 3.61. The van der Waals surface area contributed by atoms with Crippen molar-refractivity contribution in [1.29, 1.82) is 0 Å². The Bertz CT molecular complexity index is 514. The molecule has 6 heteroatoms. The van der Waals surface area contributed by atoms with E-state index in [4.69, 9.17) is 5.73 Å². The lowest BCUT2D eigenvalue weighted by Gasteiger charge is -2.35. The van der Waals surface area contributed by atoms with Gasteiger partial charge in [-0.05, 0) is 32.1 Å². The number of rotatable bonds is 3. The molecule has 0 aromatic carbocycles. The van der Waals surface area contributed by atoms with Crippen molar-refractivity contribution < 1.29 is 4.79 Å². The molecule has 1 saturated carbocycles. The molecule has 2 heterocycles. The van der Waals surface area contributed by atoms with Gasteiger partial charge in [0.25, 0.3) is 0 Å². The summed E-state index contributed by atoms with van der Waals surface area (Å²) in [5.74, 6) is 0.311. The first-order valence-corrected chi connectivity index (χ1v) is 8.41. The second-order valence-electron chi connectivity index (χ2n) is 6.79. The topological polar surface area (TPSA) is 76.2 Å². The fourth-order valence-corrected chi connectivity index (χ4v) is 3.69. The third-order valence-corrected chi connectivity index (χ3v) is 4.91.